The highest BCUT2D eigenvalue weighted by molar-refractivity contribution is 7.00. The summed E-state index contributed by atoms with van der Waals surface area (Å²) in [5.41, 5.74) is 26.5. The van der Waals surface area contributed by atoms with Crippen molar-refractivity contribution in [2.75, 3.05) is 9.80 Å². The van der Waals surface area contributed by atoms with Gasteiger partial charge in [0.05, 0.1) is 28.1 Å². The van der Waals surface area contributed by atoms with Crippen LogP contribution < -0.4 is 35.7 Å². The maximum atomic E-state index is 7.41. The molecule has 5 nitrogen and oxygen atoms in total. The summed E-state index contributed by atoms with van der Waals surface area (Å²) in [6, 6.07) is 82.1. The van der Waals surface area contributed by atoms with E-state index in [4.69, 9.17) is 9.47 Å². The lowest BCUT2D eigenvalue weighted by molar-refractivity contribution is 0.486. The van der Waals surface area contributed by atoms with Crippen LogP contribution in [0.25, 0.3) is 72.0 Å². The van der Waals surface area contributed by atoms with Crippen LogP contribution >= 0.6 is 0 Å². The first-order valence-corrected chi connectivity index (χ1v) is 31.4. The molecular weight excluding hydrogens is 1070 g/mol. The average molecular weight is 1140 g/mol. The van der Waals surface area contributed by atoms with Crippen molar-refractivity contribution in [3.05, 3.63) is 241 Å². The molecular formula is C82H72BN3O2. The zero-order chi connectivity index (χ0) is 60.5. The number of anilines is 6. The van der Waals surface area contributed by atoms with Crippen LogP contribution in [0.5, 0.6) is 23.0 Å². The van der Waals surface area contributed by atoms with Crippen LogP contribution in [-0.2, 0) is 21.7 Å². The molecule has 0 bridgehead atoms. The van der Waals surface area contributed by atoms with Crippen LogP contribution in [0.2, 0.25) is 0 Å². The quantitative estimate of drug-likeness (QED) is 0.153. The molecule has 430 valence electrons. The molecule has 12 aromatic rings. The fourth-order valence-electron chi connectivity index (χ4n) is 14.9. The van der Waals surface area contributed by atoms with Gasteiger partial charge in [0.25, 0.3) is 6.71 Å². The lowest BCUT2D eigenvalue weighted by atomic mass is 9.32. The molecule has 0 radical (unpaired) electrons. The first kappa shape index (κ1) is 53.9. The summed E-state index contributed by atoms with van der Waals surface area (Å²) in [5, 5.41) is 2.43. The van der Waals surface area contributed by atoms with Crippen molar-refractivity contribution < 1.29 is 9.47 Å². The number of aromatic nitrogens is 1. The third-order valence-corrected chi connectivity index (χ3v) is 19.1. The summed E-state index contributed by atoms with van der Waals surface area (Å²) in [7, 11) is 0. The molecule has 4 aliphatic rings. The zero-order valence-corrected chi connectivity index (χ0v) is 52.5. The third-order valence-electron chi connectivity index (χ3n) is 19.1. The SMILES string of the molecule is CC(C)(C)c1cc2c3c(c1)-c1ccccc1Oc1ccccc1-c1cccc(C(C)(C)C)c1N3c1cc(-n3c4ccccc4c4ccccc43)cc3c1B2c1cc(C(C)(C)C)cc2c1N3c1c(cccc1C(C)(C)C)-c1ccccc1Oc1ccccc1-2. The minimum atomic E-state index is -0.317. The van der Waals surface area contributed by atoms with Crippen LogP contribution in [0.15, 0.2) is 218 Å². The van der Waals surface area contributed by atoms with Gasteiger partial charge in [-0.05, 0) is 121 Å². The predicted molar refractivity (Wildman–Crippen MR) is 371 cm³/mol. The topological polar surface area (TPSA) is 29.9 Å². The number of ether oxygens (including phenoxy) is 2. The molecule has 6 heteroatoms. The van der Waals surface area contributed by atoms with Crippen LogP contribution in [0.4, 0.5) is 34.1 Å². The summed E-state index contributed by atoms with van der Waals surface area (Å²) in [4.78, 5) is 5.49. The van der Waals surface area contributed by atoms with Crippen molar-refractivity contribution in [1.82, 2.24) is 4.57 Å². The maximum Gasteiger partial charge on any atom is 0.252 e. The van der Waals surface area contributed by atoms with E-state index in [9.17, 15) is 0 Å². The van der Waals surface area contributed by atoms with Crippen molar-refractivity contribution in [3.8, 4) is 73.2 Å². The van der Waals surface area contributed by atoms with Gasteiger partial charge in [0.2, 0.25) is 0 Å². The van der Waals surface area contributed by atoms with E-state index >= 15 is 0 Å². The Labute approximate surface area is 518 Å². The van der Waals surface area contributed by atoms with Gasteiger partial charge in [0.1, 0.15) is 23.0 Å². The molecule has 16 rings (SSSR count). The summed E-state index contributed by atoms with van der Waals surface area (Å²) in [6.07, 6.45) is 0. The molecule has 0 saturated heterocycles. The van der Waals surface area contributed by atoms with E-state index in [1.807, 2.05) is 0 Å². The van der Waals surface area contributed by atoms with Crippen molar-refractivity contribution in [3.63, 3.8) is 0 Å². The van der Waals surface area contributed by atoms with Crippen LogP contribution in [0.1, 0.15) is 105 Å². The monoisotopic (exact) mass is 1140 g/mol. The van der Waals surface area contributed by atoms with Gasteiger partial charge in [0, 0.05) is 78.0 Å². The molecule has 0 unspecified atom stereocenters. The minimum Gasteiger partial charge on any atom is -0.456 e. The van der Waals surface area contributed by atoms with Gasteiger partial charge >= 0.3 is 0 Å². The van der Waals surface area contributed by atoms with Crippen LogP contribution in [0, 0.1) is 0 Å². The molecule has 0 saturated carbocycles. The van der Waals surface area contributed by atoms with Crippen molar-refractivity contribution in [2.24, 2.45) is 0 Å². The molecule has 0 fully saturated rings. The second-order valence-electron chi connectivity index (χ2n) is 28.9. The Balaban J connectivity index is 1.20. The molecule has 5 heterocycles. The summed E-state index contributed by atoms with van der Waals surface area (Å²) in [6.45, 7) is 28.2. The second-order valence-corrected chi connectivity index (χ2v) is 28.9. The minimum absolute atomic E-state index is 0.255. The first-order chi connectivity index (χ1) is 42.2. The lowest BCUT2D eigenvalue weighted by Gasteiger charge is -2.48. The molecule has 0 spiro atoms. The Bertz CT molecular complexity index is 4630. The molecule has 88 heavy (non-hydrogen) atoms. The normalized spacial score (nSPS) is 13.8. The maximum absolute atomic E-state index is 7.41. The first-order valence-electron chi connectivity index (χ1n) is 31.4. The van der Waals surface area contributed by atoms with E-state index in [0.29, 0.717) is 0 Å². The Kier molecular flexibility index (Phi) is 11.6. The number of hydrogen-bond donors (Lipinski definition) is 0. The van der Waals surface area contributed by atoms with E-state index in [-0.39, 0.29) is 28.4 Å². The summed E-state index contributed by atoms with van der Waals surface area (Å²) in [5.74, 6) is 3.26. The zero-order valence-electron chi connectivity index (χ0n) is 52.5. The van der Waals surface area contributed by atoms with Gasteiger partial charge < -0.3 is 23.8 Å². The molecule has 11 aromatic carbocycles. The van der Waals surface area contributed by atoms with E-state index in [0.717, 1.165) is 118 Å². The van der Waals surface area contributed by atoms with E-state index < -0.39 is 0 Å². The number of nitrogens with zero attached hydrogens (tertiary/aromatic N) is 3. The van der Waals surface area contributed by atoms with E-state index in [2.05, 4.69) is 316 Å². The molecule has 4 aliphatic heterocycles. The van der Waals surface area contributed by atoms with Crippen molar-refractivity contribution >= 4 is 79.0 Å². The molecule has 0 aliphatic carbocycles. The van der Waals surface area contributed by atoms with Gasteiger partial charge in [-0.2, -0.15) is 0 Å². The van der Waals surface area contributed by atoms with Gasteiger partial charge in [-0.15, -0.1) is 0 Å². The molecule has 0 amide bonds. The smallest absolute Gasteiger partial charge is 0.252 e. The van der Waals surface area contributed by atoms with Crippen LogP contribution in [-0.4, -0.2) is 11.3 Å². The molecule has 0 atom stereocenters. The lowest BCUT2D eigenvalue weighted by Crippen LogP contribution is -2.62. The standard InChI is InChI=1S/C82H72BN3O2/c1-79(2,3)49-43-60-56-31-17-23-41-72(56)87-70-39-21-15-29-54(70)58-33-25-35-62(81(7,8)9)75(58)85-68-47-51(84-66-37-19-13-27-52(66)53-28-14-20-38-67(53)84)48-69-74(68)83(64(45-49)77(60)85)65-46-50(80(4,5)6)44-61-57-32-18-24-42-73(57)88-71-40-22-16-30-55(71)59-34-26-36-63(82(10,11)12)76(59)86(69)78(61)65/h13-48H,1-12H3. The highest BCUT2D eigenvalue weighted by Gasteiger charge is 2.49. The van der Waals surface area contributed by atoms with E-state index in [1.54, 1.807) is 0 Å². The van der Waals surface area contributed by atoms with Gasteiger partial charge in [-0.1, -0.05) is 241 Å². The van der Waals surface area contributed by atoms with E-state index in [1.165, 1.54) is 49.4 Å². The fourth-order valence-corrected chi connectivity index (χ4v) is 14.9. The Morgan fingerprint density at radius 1 is 0.307 bits per heavy atom. The fraction of sp³-hybridized carbons (Fsp3) is 0.195. The van der Waals surface area contributed by atoms with Gasteiger partial charge in [0.15, 0.2) is 0 Å². The summed E-state index contributed by atoms with van der Waals surface area (Å²) < 4.78 is 17.4. The number of rotatable bonds is 1. The third kappa shape index (κ3) is 8.06. The number of fused-ring (bicyclic) bond motifs is 19. The van der Waals surface area contributed by atoms with Crippen molar-refractivity contribution in [1.29, 1.82) is 0 Å². The molecule has 1 aromatic heterocycles. The summed E-state index contributed by atoms with van der Waals surface area (Å²) >= 11 is 0. The Morgan fingerprint density at radius 2 is 0.648 bits per heavy atom. The Morgan fingerprint density at radius 3 is 1.02 bits per heavy atom. The number of benzene rings is 11. The van der Waals surface area contributed by atoms with Crippen molar-refractivity contribution in [2.45, 2.75) is 105 Å². The highest BCUT2D eigenvalue weighted by atomic mass is 16.5. The number of hydrogen-bond acceptors (Lipinski definition) is 4. The van der Waals surface area contributed by atoms with Crippen LogP contribution in [0.3, 0.4) is 0 Å². The Hall–Kier alpha value is -9.52. The highest BCUT2D eigenvalue weighted by Crippen LogP contribution is 2.59. The predicted octanol–water partition coefficient (Wildman–Crippen LogP) is 20.9. The largest absolute Gasteiger partial charge is 0.456 e. The molecule has 0 N–H and O–H groups in total. The van der Waals surface area contributed by atoms with Gasteiger partial charge in [-0.3, -0.25) is 0 Å². The second kappa shape index (κ2) is 19.0. The average Bonchev–Trinajstić information content (AvgIpc) is 0.800. The number of para-hydroxylation sites is 8. The van der Waals surface area contributed by atoms with Gasteiger partial charge in [-0.25, -0.2) is 0 Å².